The van der Waals surface area contributed by atoms with E-state index in [0.29, 0.717) is 25.2 Å². The van der Waals surface area contributed by atoms with Gasteiger partial charge in [-0.2, -0.15) is 5.10 Å². The van der Waals surface area contributed by atoms with E-state index in [1.165, 1.54) is 0 Å². The minimum absolute atomic E-state index is 0.226. The number of hydrogen-bond acceptors (Lipinski definition) is 8. The van der Waals surface area contributed by atoms with Crippen molar-refractivity contribution >= 4 is 22.8 Å². The predicted molar refractivity (Wildman–Crippen MR) is 117 cm³/mol. The molecule has 0 saturated carbocycles. The van der Waals surface area contributed by atoms with E-state index in [2.05, 4.69) is 63.2 Å². The number of ether oxygens (including phenoxy) is 1. The van der Waals surface area contributed by atoms with Gasteiger partial charge >= 0.3 is 0 Å². The fourth-order valence-corrected chi connectivity index (χ4v) is 4.38. The Morgan fingerprint density at radius 1 is 1.07 bits per heavy atom. The highest BCUT2D eigenvalue weighted by Crippen LogP contribution is 2.28. The number of nitrogens with one attached hydrogen (secondary N) is 2. The number of morpholine rings is 1. The summed E-state index contributed by atoms with van der Waals surface area (Å²) < 4.78 is 5.65. The first-order valence-electron chi connectivity index (χ1n) is 10.6. The average molecular weight is 409 g/mol. The molecule has 2 aliphatic rings. The molecule has 5 rings (SSSR count). The van der Waals surface area contributed by atoms with Crippen molar-refractivity contribution in [3.63, 3.8) is 0 Å². The third kappa shape index (κ3) is 3.48. The molecule has 0 spiro atoms. The largest absolute Gasteiger partial charge is 0.377 e. The minimum atomic E-state index is 0.226. The van der Waals surface area contributed by atoms with Crippen molar-refractivity contribution in [2.75, 3.05) is 42.6 Å². The number of H-pyrrole nitrogens is 1. The van der Waals surface area contributed by atoms with Gasteiger partial charge in [0.05, 0.1) is 31.5 Å². The summed E-state index contributed by atoms with van der Waals surface area (Å²) >= 11 is 0. The molecular formula is C21H28N8O. The molecule has 3 aromatic heterocycles. The molecule has 30 heavy (non-hydrogen) atoms. The number of fused-ring (bicyclic) bond motifs is 1. The first-order chi connectivity index (χ1) is 14.6. The van der Waals surface area contributed by atoms with Crippen LogP contribution >= 0.6 is 0 Å². The molecule has 2 N–H and O–H groups in total. The molecule has 0 aliphatic carbocycles. The Kier molecular flexibility index (Phi) is 5.00. The van der Waals surface area contributed by atoms with Gasteiger partial charge in [-0.3, -0.25) is 5.10 Å². The highest BCUT2D eigenvalue weighted by molar-refractivity contribution is 5.89. The molecule has 1 unspecified atom stereocenters. The van der Waals surface area contributed by atoms with E-state index >= 15 is 0 Å². The standard InChI is InChI=1S/C21H28N8O/c1-13-10-28(7-6-22-13)18-5-4-16(8-23-18)19-20-17(26-27-19)9-24-21(25-20)29-14(2)11-30-12-15(29)3/h4-5,8-9,13-15,22H,6-7,10-12H2,1-3H3,(H,26,27)/t13?,14-,15+. The number of anilines is 2. The number of nitrogens with zero attached hydrogens (tertiary/aromatic N) is 6. The first-order valence-corrected chi connectivity index (χ1v) is 10.6. The number of aromatic amines is 1. The molecule has 0 bridgehead atoms. The van der Waals surface area contributed by atoms with E-state index in [4.69, 9.17) is 14.7 Å². The molecular weight excluding hydrogens is 380 g/mol. The third-order valence-electron chi connectivity index (χ3n) is 5.90. The van der Waals surface area contributed by atoms with E-state index < -0.39 is 0 Å². The second-order valence-corrected chi connectivity index (χ2v) is 8.35. The molecule has 0 radical (unpaired) electrons. The SMILES string of the molecule is CC1CN(c2ccc(-c3n[nH]c4cnc(N5[C@H](C)COC[C@@H]5C)nc34)cn2)CCN1. The molecule has 9 heteroatoms. The van der Waals surface area contributed by atoms with E-state index in [9.17, 15) is 0 Å². The summed E-state index contributed by atoms with van der Waals surface area (Å²) in [5.41, 5.74) is 3.38. The number of rotatable bonds is 3. The zero-order chi connectivity index (χ0) is 20.7. The molecule has 3 aromatic rings. The third-order valence-corrected chi connectivity index (χ3v) is 5.90. The molecule has 3 atom stereocenters. The molecule has 0 aromatic carbocycles. The Hall–Kier alpha value is -2.78. The van der Waals surface area contributed by atoms with Crippen molar-refractivity contribution in [2.45, 2.75) is 38.9 Å². The second kappa shape index (κ2) is 7.81. The van der Waals surface area contributed by atoms with Gasteiger partial charge in [0.15, 0.2) is 0 Å². The lowest BCUT2D eigenvalue weighted by Gasteiger charge is -2.38. The van der Waals surface area contributed by atoms with Crippen LogP contribution in [0.25, 0.3) is 22.3 Å². The van der Waals surface area contributed by atoms with Crippen LogP contribution in [0.2, 0.25) is 0 Å². The van der Waals surface area contributed by atoms with E-state index in [0.717, 1.165) is 47.7 Å². The summed E-state index contributed by atoms with van der Waals surface area (Å²) in [5, 5.41) is 11.0. The van der Waals surface area contributed by atoms with Gasteiger partial charge in [-0.15, -0.1) is 0 Å². The summed E-state index contributed by atoms with van der Waals surface area (Å²) in [4.78, 5) is 18.7. The van der Waals surface area contributed by atoms with Crippen LogP contribution in [0.1, 0.15) is 20.8 Å². The van der Waals surface area contributed by atoms with Crippen LogP contribution in [0.3, 0.4) is 0 Å². The molecule has 2 saturated heterocycles. The van der Waals surface area contributed by atoms with Crippen LogP contribution in [0, 0.1) is 0 Å². The van der Waals surface area contributed by atoms with Gasteiger partial charge in [-0.05, 0) is 32.9 Å². The van der Waals surface area contributed by atoms with Crippen LogP contribution in [0.4, 0.5) is 11.8 Å². The Bertz CT molecular complexity index is 1010. The second-order valence-electron chi connectivity index (χ2n) is 8.35. The fourth-order valence-electron chi connectivity index (χ4n) is 4.38. The normalized spacial score (nSPS) is 25.1. The van der Waals surface area contributed by atoms with Crippen molar-refractivity contribution in [1.82, 2.24) is 30.5 Å². The highest BCUT2D eigenvalue weighted by atomic mass is 16.5. The van der Waals surface area contributed by atoms with Gasteiger partial charge in [0, 0.05) is 37.4 Å². The summed E-state index contributed by atoms with van der Waals surface area (Å²) in [6.45, 7) is 10.7. The molecule has 2 fully saturated rings. The van der Waals surface area contributed by atoms with Crippen LogP contribution in [0.5, 0.6) is 0 Å². The lowest BCUT2D eigenvalue weighted by molar-refractivity contribution is 0.0747. The lowest BCUT2D eigenvalue weighted by Crippen LogP contribution is -2.50. The Balaban J connectivity index is 1.46. The van der Waals surface area contributed by atoms with E-state index in [1.54, 1.807) is 0 Å². The van der Waals surface area contributed by atoms with Crippen LogP contribution < -0.4 is 15.1 Å². The zero-order valence-corrected chi connectivity index (χ0v) is 17.7. The predicted octanol–water partition coefficient (Wildman–Crippen LogP) is 1.83. The lowest BCUT2D eigenvalue weighted by atomic mass is 10.1. The molecule has 5 heterocycles. The average Bonchev–Trinajstić information content (AvgIpc) is 3.17. The number of hydrogen-bond donors (Lipinski definition) is 2. The maximum Gasteiger partial charge on any atom is 0.226 e. The maximum atomic E-state index is 5.65. The van der Waals surface area contributed by atoms with Crippen molar-refractivity contribution in [1.29, 1.82) is 0 Å². The Labute approximate surface area is 175 Å². The van der Waals surface area contributed by atoms with Crippen molar-refractivity contribution in [3.8, 4) is 11.3 Å². The summed E-state index contributed by atoms with van der Waals surface area (Å²) in [5.74, 6) is 1.71. The quantitative estimate of drug-likeness (QED) is 0.678. The van der Waals surface area contributed by atoms with Crippen LogP contribution in [-0.2, 0) is 4.74 Å². The van der Waals surface area contributed by atoms with Gasteiger partial charge in [-0.1, -0.05) is 0 Å². The topological polar surface area (TPSA) is 95.1 Å². The zero-order valence-electron chi connectivity index (χ0n) is 17.7. The minimum Gasteiger partial charge on any atom is -0.377 e. The maximum absolute atomic E-state index is 5.65. The number of pyridine rings is 1. The Morgan fingerprint density at radius 2 is 1.90 bits per heavy atom. The van der Waals surface area contributed by atoms with Gasteiger partial charge in [-0.25, -0.2) is 15.0 Å². The van der Waals surface area contributed by atoms with Crippen LogP contribution in [-0.4, -0.2) is 76.1 Å². The molecule has 158 valence electrons. The smallest absolute Gasteiger partial charge is 0.226 e. The fraction of sp³-hybridized carbons (Fsp3) is 0.524. The van der Waals surface area contributed by atoms with Gasteiger partial charge in [0.25, 0.3) is 0 Å². The van der Waals surface area contributed by atoms with Crippen molar-refractivity contribution in [3.05, 3.63) is 24.5 Å². The monoisotopic (exact) mass is 408 g/mol. The van der Waals surface area contributed by atoms with Crippen molar-refractivity contribution in [2.24, 2.45) is 0 Å². The van der Waals surface area contributed by atoms with Gasteiger partial charge < -0.3 is 19.9 Å². The van der Waals surface area contributed by atoms with E-state index in [1.807, 2.05) is 12.4 Å². The number of piperazine rings is 1. The molecule has 2 aliphatic heterocycles. The van der Waals surface area contributed by atoms with Crippen LogP contribution in [0.15, 0.2) is 24.5 Å². The summed E-state index contributed by atoms with van der Waals surface area (Å²) in [6, 6.07) is 5.07. The van der Waals surface area contributed by atoms with Gasteiger partial charge in [0.2, 0.25) is 5.95 Å². The number of aromatic nitrogens is 5. The summed E-state index contributed by atoms with van der Waals surface area (Å²) in [6.07, 6.45) is 3.70. The molecule has 9 nitrogen and oxygen atoms in total. The van der Waals surface area contributed by atoms with E-state index in [-0.39, 0.29) is 12.1 Å². The first kappa shape index (κ1) is 19.2. The summed E-state index contributed by atoms with van der Waals surface area (Å²) in [7, 11) is 0. The highest BCUT2D eigenvalue weighted by Gasteiger charge is 2.28. The molecule has 0 amide bonds. The Morgan fingerprint density at radius 3 is 2.63 bits per heavy atom. The van der Waals surface area contributed by atoms with Gasteiger partial charge in [0.1, 0.15) is 22.5 Å². The van der Waals surface area contributed by atoms with Crippen molar-refractivity contribution < 1.29 is 4.74 Å².